The van der Waals surface area contributed by atoms with E-state index in [4.69, 9.17) is 0 Å². The van der Waals surface area contributed by atoms with Gasteiger partial charge in [0.1, 0.15) is 0 Å². The minimum Gasteiger partial charge on any atom is -0.0683 e. The van der Waals surface area contributed by atoms with Crippen LogP contribution < -0.4 is 0 Å². The van der Waals surface area contributed by atoms with Crippen molar-refractivity contribution in [2.75, 3.05) is 0 Å². The highest BCUT2D eigenvalue weighted by Crippen LogP contribution is 2.47. The molecule has 1 aliphatic rings. The van der Waals surface area contributed by atoms with E-state index in [0.717, 1.165) is 0 Å². The van der Waals surface area contributed by atoms with Crippen LogP contribution in [0.15, 0.2) is 48.5 Å². The monoisotopic (exact) mass is 344 g/mol. The van der Waals surface area contributed by atoms with E-state index in [2.05, 4.69) is 62.4 Å². The number of fused-ring (bicyclic) bond motifs is 3. The van der Waals surface area contributed by atoms with Crippen LogP contribution in [0.5, 0.6) is 0 Å². The first kappa shape index (κ1) is 28.3. The van der Waals surface area contributed by atoms with Crippen molar-refractivity contribution in [3.05, 3.63) is 59.7 Å². The van der Waals surface area contributed by atoms with Crippen LogP contribution in [0.25, 0.3) is 11.1 Å². The summed E-state index contributed by atoms with van der Waals surface area (Å²) in [4.78, 5) is 0. The van der Waals surface area contributed by atoms with Crippen molar-refractivity contribution in [2.24, 2.45) is 0 Å². The minimum absolute atomic E-state index is 0.160. The minimum atomic E-state index is 0.160. The lowest BCUT2D eigenvalue weighted by Gasteiger charge is -2.20. The normalized spacial score (nSPS) is 10.7. The molecule has 25 heavy (non-hydrogen) atoms. The molecule has 0 N–H and O–H groups in total. The molecule has 2 aromatic carbocycles. The maximum atomic E-state index is 2.30. The molecule has 144 valence electrons. The lowest BCUT2D eigenvalue weighted by atomic mass is 9.82. The highest BCUT2D eigenvalue weighted by Gasteiger charge is 2.34. The van der Waals surface area contributed by atoms with E-state index in [-0.39, 0.29) is 5.41 Å². The zero-order valence-electron chi connectivity index (χ0n) is 19.1. The van der Waals surface area contributed by atoms with Crippen LogP contribution in [0.3, 0.4) is 0 Å². The molecular weight excluding hydrogens is 300 g/mol. The fourth-order valence-electron chi connectivity index (χ4n) is 2.67. The first-order valence-corrected chi connectivity index (χ1v) is 10.4. The van der Waals surface area contributed by atoms with Crippen LogP contribution in [0.4, 0.5) is 0 Å². The van der Waals surface area contributed by atoms with Crippen LogP contribution in [0.2, 0.25) is 0 Å². The van der Waals surface area contributed by atoms with Gasteiger partial charge < -0.3 is 0 Å². The van der Waals surface area contributed by atoms with Crippen molar-refractivity contribution in [3.8, 4) is 11.1 Å². The van der Waals surface area contributed by atoms with Crippen molar-refractivity contribution < 1.29 is 0 Å². The third kappa shape index (κ3) is 7.06. The summed E-state index contributed by atoms with van der Waals surface area (Å²) in [5, 5.41) is 0. The topological polar surface area (TPSA) is 0 Å². The van der Waals surface area contributed by atoms with E-state index in [1.807, 2.05) is 69.2 Å². The molecule has 0 fully saturated rings. The van der Waals surface area contributed by atoms with Crippen molar-refractivity contribution in [1.82, 2.24) is 0 Å². The van der Waals surface area contributed by atoms with Gasteiger partial charge in [-0.3, -0.25) is 0 Å². The van der Waals surface area contributed by atoms with Gasteiger partial charge in [-0.1, -0.05) is 132 Å². The van der Waals surface area contributed by atoms with Gasteiger partial charge in [0.15, 0.2) is 0 Å². The van der Waals surface area contributed by atoms with Gasteiger partial charge in [-0.15, -0.1) is 0 Å². The largest absolute Gasteiger partial charge is 0.0683 e. The van der Waals surface area contributed by atoms with E-state index in [0.29, 0.717) is 0 Å². The summed E-state index contributed by atoms with van der Waals surface area (Å²) >= 11 is 0. The predicted octanol–water partition coefficient (Wildman–Crippen LogP) is 9.12. The van der Waals surface area contributed by atoms with Gasteiger partial charge in [0.25, 0.3) is 0 Å². The Labute approximate surface area is 159 Å². The van der Waals surface area contributed by atoms with Gasteiger partial charge in [-0.2, -0.15) is 0 Å². The molecule has 0 bridgehead atoms. The van der Waals surface area contributed by atoms with Gasteiger partial charge in [-0.25, -0.2) is 0 Å². The van der Waals surface area contributed by atoms with Crippen LogP contribution in [0, 0.1) is 0 Å². The quantitative estimate of drug-likeness (QED) is 0.447. The Hall–Kier alpha value is -1.56. The zero-order chi connectivity index (χ0) is 20.5. The summed E-state index contributed by atoms with van der Waals surface area (Å²) in [7, 11) is 0. The molecule has 0 heteroatoms. The smallest absolute Gasteiger partial charge is 0.0158 e. The molecule has 0 heterocycles. The van der Waals surface area contributed by atoms with E-state index in [1.165, 1.54) is 22.3 Å². The number of benzene rings is 2. The van der Waals surface area contributed by atoms with E-state index >= 15 is 0 Å². The Bertz CT molecular complexity index is 474. The van der Waals surface area contributed by atoms with E-state index in [9.17, 15) is 0 Å². The van der Waals surface area contributed by atoms with Gasteiger partial charge in [-0.05, 0) is 22.3 Å². The first-order chi connectivity index (χ1) is 12.2. The molecule has 0 aromatic heterocycles. The molecule has 0 atom stereocenters. The van der Waals surface area contributed by atoms with Crippen molar-refractivity contribution in [2.45, 2.75) is 88.5 Å². The average Bonchev–Trinajstić information content (AvgIpc) is 2.98. The van der Waals surface area contributed by atoms with Crippen molar-refractivity contribution in [3.63, 3.8) is 0 Å². The maximum absolute atomic E-state index is 2.30. The molecule has 0 spiro atoms. The molecule has 0 saturated heterocycles. The highest BCUT2D eigenvalue weighted by molar-refractivity contribution is 5.80. The third-order valence-corrected chi connectivity index (χ3v) is 3.49. The molecule has 0 saturated carbocycles. The lowest BCUT2D eigenvalue weighted by molar-refractivity contribution is 0.660. The Morgan fingerprint density at radius 2 is 0.680 bits per heavy atom. The van der Waals surface area contributed by atoms with E-state index < -0.39 is 0 Å². The van der Waals surface area contributed by atoms with Gasteiger partial charge >= 0.3 is 0 Å². The number of hydrogen-bond acceptors (Lipinski definition) is 0. The second kappa shape index (κ2) is 17.3. The highest BCUT2D eigenvalue weighted by atomic mass is 14.4. The number of rotatable bonds is 0. The van der Waals surface area contributed by atoms with Crippen molar-refractivity contribution in [1.29, 1.82) is 0 Å². The standard InChI is InChI=1S/C15H14.5C2H6/c1-15(2)13-9-5-3-7-11(13)12-8-4-6-10-14(12)15;5*1-2/h3-10H,1-2H3;5*1-2H3. The molecule has 0 amide bonds. The maximum Gasteiger partial charge on any atom is 0.0158 e. The summed E-state index contributed by atoms with van der Waals surface area (Å²) in [6.45, 7) is 24.6. The third-order valence-electron chi connectivity index (χ3n) is 3.49. The molecule has 1 aliphatic carbocycles. The molecule has 0 unspecified atom stereocenters. The molecule has 0 aliphatic heterocycles. The van der Waals surface area contributed by atoms with Gasteiger partial charge in [0.2, 0.25) is 0 Å². The van der Waals surface area contributed by atoms with E-state index in [1.54, 1.807) is 0 Å². The Morgan fingerprint density at radius 1 is 0.440 bits per heavy atom. The molecular formula is C25H44. The predicted molar refractivity (Wildman–Crippen MR) is 121 cm³/mol. The van der Waals surface area contributed by atoms with Crippen LogP contribution >= 0.6 is 0 Å². The summed E-state index contributed by atoms with van der Waals surface area (Å²) in [6.07, 6.45) is 0. The second-order valence-corrected chi connectivity index (χ2v) is 4.72. The average molecular weight is 345 g/mol. The van der Waals surface area contributed by atoms with Crippen LogP contribution in [-0.4, -0.2) is 0 Å². The molecule has 2 aromatic rings. The van der Waals surface area contributed by atoms with Gasteiger partial charge in [0.05, 0.1) is 0 Å². The lowest BCUT2D eigenvalue weighted by Crippen LogP contribution is -2.14. The molecule has 3 rings (SSSR count). The molecule has 0 nitrogen and oxygen atoms in total. The van der Waals surface area contributed by atoms with Gasteiger partial charge in [0, 0.05) is 5.41 Å². The first-order valence-electron chi connectivity index (χ1n) is 10.4. The summed E-state index contributed by atoms with van der Waals surface area (Å²) in [6, 6.07) is 17.4. The summed E-state index contributed by atoms with van der Waals surface area (Å²) < 4.78 is 0. The molecule has 0 radical (unpaired) electrons. The van der Waals surface area contributed by atoms with Crippen LogP contribution in [-0.2, 0) is 5.41 Å². The fourth-order valence-corrected chi connectivity index (χ4v) is 2.67. The fraction of sp³-hybridized carbons (Fsp3) is 0.520. The Kier molecular flexibility index (Phi) is 19.5. The Morgan fingerprint density at radius 3 is 0.960 bits per heavy atom. The van der Waals surface area contributed by atoms with Crippen molar-refractivity contribution >= 4 is 0 Å². The summed E-state index contributed by atoms with van der Waals surface area (Å²) in [5.74, 6) is 0. The summed E-state index contributed by atoms with van der Waals surface area (Å²) in [5.41, 5.74) is 5.86. The van der Waals surface area contributed by atoms with Crippen LogP contribution in [0.1, 0.15) is 94.2 Å². The SMILES string of the molecule is CC.CC.CC.CC.CC.CC1(C)c2ccccc2-c2ccccc21. The second-order valence-electron chi connectivity index (χ2n) is 4.72. The Balaban J connectivity index is -0.000000422. The number of hydrogen-bond donors (Lipinski definition) is 0. The zero-order valence-corrected chi connectivity index (χ0v) is 19.1.